The van der Waals surface area contributed by atoms with Crippen molar-refractivity contribution in [1.29, 1.82) is 0 Å². The average Bonchev–Trinajstić information content (AvgIpc) is 2.98. The molecule has 0 radical (unpaired) electrons. The van der Waals surface area contributed by atoms with Crippen LogP contribution in [0.1, 0.15) is 18.2 Å². The number of ether oxygens (including phenoxy) is 1. The molecular weight excluding hydrogens is 252 g/mol. The standard InChI is InChI=1S/C17H14O3/c1-11-3-5-13(6-4-11)16-8-7-15(20-16)10-14-9-12(2)19-17(14)18/h3-10H,1-2H3/b14-10-. The maximum Gasteiger partial charge on any atom is 0.343 e. The van der Waals surface area contributed by atoms with Crippen LogP contribution in [0.5, 0.6) is 0 Å². The number of esters is 1. The van der Waals surface area contributed by atoms with E-state index < -0.39 is 0 Å². The van der Waals surface area contributed by atoms with Gasteiger partial charge < -0.3 is 9.15 Å². The zero-order valence-corrected chi connectivity index (χ0v) is 11.3. The second-order valence-electron chi connectivity index (χ2n) is 4.81. The van der Waals surface area contributed by atoms with Gasteiger partial charge in [-0.15, -0.1) is 0 Å². The van der Waals surface area contributed by atoms with E-state index in [2.05, 4.69) is 0 Å². The van der Waals surface area contributed by atoms with Gasteiger partial charge in [-0.2, -0.15) is 0 Å². The fourth-order valence-electron chi connectivity index (χ4n) is 2.07. The SMILES string of the molecule is CC1=C/C(=C/c2ccc(-c3ccc(C)cc3)o2)C(=O)O1. The van der Waals surface area contributed by atoms with Crippen LogP contribution in [-0.2, 0) is 9.53 Å². The van der Waals surface area contributed by atoms with Crippen LogP contribution in [0.2, 0.25) is 0 Å². The molecule has 1 aliphatic heterocycles. The molecule has 0 atom stereocenters. The minimum Gasteiger partial charge on any atom is -0.457 e. The van der Waals surface area contributed by atoms with Crippen LogP contribution in [0.25, 0.3) is 17.4 Å². The van der Waals surface area contributed by atoms with Gasteiger partial charge in [-0.3, -0.25) is 0 Å². The zero-order valence-electron chi connectivity index (χ0n) is 11.3. The van der Waals surface area contributed by atoms with Crippen molar-refractivity contribution >= 4 is 12.0 Å². The van der Waals surface area contributed by atoms with E-state index in [-0.39, 0.29) is 5.97 Å². The van der Waals surface area contributed by atoms with Crippen molar-refractivity contribution in [3.8, 4) is 11.3 Å². The molecule has 3 rings (SSSR count). The van der Waals surface area contributed by atoms with Gasteiger partial charge in [0.25, 0.3) is 0 Å². The molecule has 0 fully saturated rings. The molecular formula is C17H14O3. The van der Waals surface area contributed by atoms with Gasteiger partial charge in [-0.25, -0.2) is 4.79 Å². The van der Waals surface area contributed by atoms with Crippen LogP contribution in [0.15, 0.2) is 58.2 Å². The summed E-state index contributed by atoms with van der Waals surface area (Å²) in [5, 5.41) is 0. The summed E-state index contributed by atoms with van der Waals surface area (Å²) in [4.78, 5) is 11.5. The molecule has 1 aromatic carbocycles. The number of furan rings is 1. The fourth-order valence-corrected chi connectivity index (χ4v) is 2.07. The molecule has 2 heterocycles. The smallest absolute Gasteiger partial charge is 0.343 e. The van der Waals surface area contributed by atoms with Crippen LogP contribution in [-0.4, -0.2) is 5.97 Å². The Balaban J connectivity index is 1.89. The molecule has 2 aromatic rings. The Labute approximate surface area is 117 Å². The summed E-state index contributed by atoms with van der Waals surface area (Å²) in [5.41, 5.74) is 2.73. The lowest BCUT2D eigenvalue weighted by molar-refractivity contribution is -0.133. The molecule has 0 unspecified atom stereocenters. The summed E-state index contributed by atoms with van der Waals surface area (Å²) in [5.74, 6) is 1.68. The van der Waals surface area contributed by atoms with Crippen molar-refractivity contribution in [2.45, 2.75) is 13.8 Å². The largest absolute Gasteiger partial charge is 0.457 e. The van der Waals surface area contributed by atoms with E-state index in [1.54, 1.807) is 19.1 Å². The lowest BCUT2D eigenvalue weighted by Crippen LogP contribution is -1.95. The summed E-state index contributed by atoms with van der Waals surface area (Å²) in [7, 11) is 0. The Morgan fingerprint density at radius 3 is 2.40 bits per heavy atom. The van der Waals surface area contributed by atoms with Crippen molar-refractivity contribution in [1.82, 2.24) is 0 Å². The number of cyclic esters (lactones) is 1. The number of allylic oxidation sites excluding steroid dienone is 1. The lowest BCUT2D eigenvalue weighted by atomic mass is 10.1. The summed E-state index contributed by atoms with van der Waals surface area (Å²) in [6.45, 7) is 3.79. The fraction of sp³-hybridized carbons (Fsp3) is 0.118. The van der Waals surface area contributed by atoms with Gasteiger partial charge in [0.05, 0.1) is 5.57 Å². The first-order valence-electron chi connectivity index (χ1n) is 6.41. The molecule has 1 aromatic heterocycles. The first kappa shape index (κ1) is 12.5. The molecule has 0 bridgehead atoms. The van der Waals surface area contributed by atoms with E-state index in [1.165, 1.54) is 5.56 Å². The summed E-state index contributed by atoms with van der Waals surface area (Å²) >= 11 is 0. The normalized spacial score (nSPS) is 16.4. The van der Waals surface area contributed by atoms with Crippen molar-refractivity contribution in [2.75, 3.05) is 0 Å². The molecule has 3 nitrogen and oxygen atoms in total. The number of hydrogen-bond acceptors (Lipinski definition) is 3. The Bertz CT molecular complexity index is 715. The highest BCUT2D eigenvalue weighted by Crippen LogP contribution is 2.25. The van der Waals surface area contributed by atoms with E-state index >= 15 is 0 Å². The van der Waals surface area contributed by atoms with Gasteiger partial charge in [0.2, 0.25) is 0 Å². The quantitative estimate of drug-likeness (QED) is 0.607. The predicted octanol–water partition coefficient (Wildman–Crippen LogP) is 4.10. The van der Waals surface area contributed by atoms with Crippen LogP contribution in [0.4, 0.5) is 0 Å². The Morgan fingerprint density at radius 1 is 1.00 bits per heavy atom. The number of aryl methyl sites for hydroxylation is 1. The molecule has 0 amide bonds. The van der Waals surface area contributed by atoms with E-state index in [1.807, 2.05) is 43.3 Å². The van der Waals surface area contributed by atoms with Crippen LogP contribution in [0, 0.1) is 6.92 Å². The van der Waals surface area contributed by atoms with E-state index in [9.17, 15) is 4.79 Å². The molecule has 20 heavy (non-hydrogen) atoms. The Morgan fingerprint density at radius 2 is 1.75 bits per heavy atom. The van der Waals surface area contributed by atoms with E-state index in [0.717, 1.165) is 11.3 Å². The molecule has 0 aliphatic carbocycles. The lowest BCUT2D eigenvalue weighted by Gasteiger charge is -1.97. The van der Waals surface area contributed by atoms with Gasteiger partial charge in [0.1, 0.15) is 17.3 Å². The Kier molecular flexibility index (Phi) is 3.03. The molecule has 3 heteroatoms. The minimum absolute atomic E-state index is 0.337. The molecule has 0 spiro atoms. The van der Waals surface area contributed by atoms with Crippen molar-refractivity contribution < 1.29 is 13.9 Å². The third-order valence-corrected chi connectivity index (χ3v) is 3.11. The molecule has 0 N–H and O–H groups in total. The third kappa shape index (κ3) is 2.43. The van der Waals surface area contributed by atoms with Crippen molar-refractivity contribution in [2.24, 2.45) is 0 Å². The monoisotopic (exact) mass is 266 g/mol. The molecule has 100 valence electrons. The molecule has 0 saturated heterocycles. The third-order valence-electron chi connectivity index (χ3n) is 3.11. The topological polar surface area (TPSA) is 39.4 Å². The second-order valence-corrected chi connectivity index (χ2v) is 4.81. The van der Waals surface area contributed by atoms with Crippen molar-refractivity contribution in [3.63, 3.8) is 0 Å². The van der Waals surface area contributed by atoms with Gasteiger partial charge >= 0.3 is 5.97 Å². The minimum atomic E-state index is -0.337. The van der Waals surface area contributed by atoms with Gasteiger partial charge in [-0.05, 0) is 38.1 Å². The number of benzene rings is 1. The molecule has 0 saturated carbocycles. The van der Waals surface area contributed by atoms with Gasteiger partial charge in [-0.1, -0.05) is 29.8 Å². The Hall–Kier alpha value is -2.55. The number of carbonyl (C=O) groups is 1. The summed E-state index contributed by atoms with van der Waals surface area (Å²) in [6, 6.07) is 11.8. The first-order valence-corrected chi connectivity index (χ1v) is 6.41. The van der Waals surface area contributed by atoms with Gasteiger partial charge in [0.15, 0.2) is 0 Å². The van der Waals surface area contributed by atoms with Crippen LogP contribution < -0.4 is 0 Å². The molecule has 1 aliphatic rings. The zero-order chi connectivity index (χ0) is 14.1. The predicted molar refractivity (Wildman–Crippen MR) is 76.7 cm³/mol. The average molecular weight is 266 g/mol. The number of carbonyl (C=O) groups excluding carboxylic acids is 1. The summed E-state index contributed by atoms with van der Waals surface area (Å²) in [6.07, 6.45) is 3.40. The highest BCUT2D eigenvalue weighted by Gasteiger charge is 2.18. The maximum absolute atomic E-state index is 11.5. The maximum atomic E-state index is 11.5. The number of rotatable bonds is 2. The van der Waals surface area contributed by atoms with E-state index in [0.29, 0.717) is 17.1 Å². The first-order chi connectivity index (χ1) is 9.61. The van der Waals surface area contributed by atoms with Crippen LogP contribution >= 0.6 is 0 Å². The highest BCUT2D eigenvalue weighted by molar-refractivity contribution is 5.99. The highest BCUT2D eigenvalue weighted by atomic mass is 16.5. The van der Waals surface area contributed by atoms with Crippen molar-refractivity contribution in [3.05, 3.63) is 65.1 Å². The second kappa shape index (κ2) is 4.85. The van der Waals surface area contributed by atoms with Gasteiger partial charge in [0, 0.05) is 5.56 Å². The number of hydrogen-bond donors (Lipinski definition) is 0. The summed E-state index contributed by atoms with van der Waals surface area (Å²) < 4.78 is 10.7. The van der Waals surface area contributed by atoms with Crippen LogP contribution in [0.3, 0.4) is 0 Å². The van der Waals surface area contributed by atoms with E-state index in [4.69, 9.17) is 9.15 Å².